The van der Waals surface area contributed by atoms with Crippen molar-refractivity contribution in [3.63, 3.8) is 0 Å². The molecule has 1 saturated carbocycles. The summed E-state index contributed by atoms with van der Waals surface area (Å²) in [4.78, 5) is 0. The predicted molar refractivity (Wildman–Crippen MR) is 81.2 cm³/mol. The van der Waals surface area contributed by atoms with E-state index in [1.807, 2.05) is 26.0 Å². The van der Waals surface area contributed by atoms with Crippen molar-refractivity contribution < 1.29 is 4.74 Å². The highest BCUT2D eigenvalue weighted by molar-refractivity contribution is 7.80. The van der Waals surface area contributed by atoms with Gasteiger partial charge in [-0.15, -0.1) is 0 Å². The zero-order valence-corrected chi connectivity index (χ0v) is 12.8. The molecule has 0 heterocycles. The van der Waals surface area contributed by atoms with Gasteiger partial charge in [-0.05, 0) is 55.7 Å². The normalized spacial score (nSPS) is 18.0. The van der Waals surface area contributed by atoms with Crippen LogP contribution < -0.4 is 4.74 Å². The average Bonchev–Trinajstić information content (AvgIpc) is 2.83. The van der Waals surface area contributed by atoms with E-state index in [-0.39, 0.29) is 5.41 Å². The molecular weight excluding hydrogens is 264 g/mol. The Morgan fingerprint density at radius 1 is 1.22 bits per heavy atom. The highest BCUT2D eigenvalue weighted by atomic mass is 35.5. The first-order chi connectivity index (χ1) is 8.56. The van der Waals surface area contributed by atoms with Gasteiger partial charge in [0.15, 0.2) is 0 Å². The van der Waals surface area contributed by atoms with Crippen LogP contribution in [0.5, 0.6) is 5.75 Å². The van der Waals surface area contributed by atoms with Crippen molar-refractivity contribution >= 4 is 24.2 Å². The Hall–Kier alpha value is -0.340. The fourth-order valence-corrected chi connectivity index (χ4v) is 3.22. The Balaban J connectivity index is 2.06. The van der Waals surface area contributed by atoms with Gasteiger partial charge in [0.25, 0.3) is 0 Å². The number of thiol groups is 1. The van der Waals surface area contributed by atoms with E-state index < -0.39 is 0 Å². The highest BCUT2D eigenvalue weighted by Gasteiger charge is 2.33. The molecule has 0 atom stereocenters. The number of hydrogen-bond acceptors (Lipinski definition) is 2. The first-order valence-corrected chi connectivity index (χ1v) is 7.58. The molecule has 18 heavy (non-hydrogen) atoms. The van der Waals surface area contributed by atoms with Gasteiger partial charge in [-0.25, -0.2) is 0 Å². The molecule has 3 heteroatoms. The lowest BCUT2D eigenvalue weighted by atomic mass is 9.90. The van der Waals surface area contributed by atoms with E-state index in [0.717, 1.165) is 34.3 Å². The molecule has 100 valence electrons. The van der Waals surface area contributed by atoms with Crippen molar-refractivity contribution in [3.05, 3.63) is 28.3 Å². The second kappa shape index (κ2) is 5.75. The molecule has 1 aliphatic carbocycles. The van der Waals surface area contributed by atoms with Crippen molar-refractivity contribution in [3.8, 4) is 5.75 Å². The van der Waals surface area contributed by atoms with Crippen LogP contribution in [-0.4, -0.2) is 12.4 Å². The third-order valence-electron chi connectivity index (χ3n) is 3.95. The number of benzene rings is 1. The molecule has 1 nitrogen and oxygen atoms in total. The molecule has 1 aromatic carbocycles. The molecule has 1 fully saturated rings. The second-order valence-electron chi connectivity index (χ2n) is 5.52. The highest BCUT2D eigenvalue weighted by Crippen LogP contribution is 2.39. The molecule has 0 bridgehead atoms. The summed E-state index contributed by atoms with van der Waals surface area (Å²) < 4.78 is 5.99. The van der Waals surface area contributed by atoms with Crippen LogP contribution in [0.2, 0.25) is 5.02 Å². The number of halogens is 1. The van der Waals surface area contributed by atoms with E-state index in [1.165, 1.54) is 25.7 Å². The summed E-state index contributed by atoms with van der Waals surface area (Å²) in [5, 5.41) is 0.840. The first-order valence-electron chi connectivity index (χ1n) is 6.57. The zero-order valence-electron chi connectivity index (χ0n) is 11.1. The van der Waals surface area contributed by atoms with Crippen molar-refractivity contribution in [2.75, 3.05) is 12.4 Å². The average molecular weight is 285 g/mol. The Morgan fingerprint density at radius 3 is 2.28 bits per heavy atom. The van der Waals surface area contributed by atoms with Crippen LogP contribution in [0.3, 0.4) is 0 Å². The Bertz CT molecular complexity index is 401. The van der Waals surface area contributed by atoms with Gasteiger partial charge >= 0.3 is 0 Å². The number of rotatable bonds is 4. The Kier molecular flexibility index (Phi) is 4.50. The van der Waals surface area contributed by atoms with E-state index >= 15 is 0 Å². The molecule has 0 aromatic heterocycles. The molecule has 0 aliphatic heterocycles. The summed E-state index contributed by atoms with van der Waals surface area (Å²) in [5.74, 6) is 1.85. The minimum absolute atomic E-state index is 0.282. The lowest BCUT2D eigenvalue weighted by molar-refractivity contribution is 0.173. The van der Waals surface area contributed by atoms with Crippen molar-refractivity contribution in [1.82, 2.24) is 0 Å². The van der Waals surface area contributed by atoms with E-state index in [4.69, 9.17) is 16.3 Å². The van der Waals surface area contributed by atoms with Crippen LogP contribution in [0.25, 0.3) is 0 Å². The topological polar surface area (TPSA) is 9.23 Å². The SMILES string of the molecule is Cc1cc(OCC2(CS)CCCC2)cc(C)c1Cl. The maximum absolute atomic E-state index is 6.16. The van der Waals surface area contributed by atoms with E-state index in [9.17, 15) is 0 Å². The molecule has 0 radical (unpaired) electrons. The summed E-state index contributed by atoms with van der Waals surface area (Å²) in [6.07, 6.45) is 5.09. The molecule has 0 amide bonds. The number of hydrogen-bond donors (Lipinski definition) is 1. The summed E-state index contributed by atoms with van der Waals surface area (Å²) in [7, 11) is 0. The van der Waals surface area contributed by atoms with Gasteiger partial charge in [0.2, 0.25) is 0 Å². The standard InChI is InChI=1S/C15H21ClOS/c1-11-7-13(8-12(2)14(11)16)17-9-15(10-18)5-3-4-6-15/h7-8,18H,3-6,9-10H2,1-2H3. The largest absolute Gasteiger partial charge is 0.493 e. The maximum Gasteiger partial charge on any atom is 0.119 e. The quantitative estimate of drug-likeness (QED) is 0.780. The van der Waals surface area contributed by atoms with E-state index in [0.29, 0.717) is 0 Å². The minimum atomic E-state index is 0.282. The summed E-state index contributed by atoms with van der Waals surface area (Å²) in [6.45, 7) is 4.81. The molecule has 1 aromatic rings. The first kappa shape index (κ1) is 14.1. The van der Waals surface area contributed by atoms with Crippen LogP contribution in [0.15, 0.2) is 12.1 Å². The third kappa shape index (κ3) is 2.97. The number of aryl methyl sites for hydroxylation is 2. The second-order valence-corrected chi connectivity index (χ2v) is 6.22. The zero-order chi connectivity index (χ0) is 13.2. The molecule has 2 rings (SSSR count). The minimum Gasteiger partial charge on any atom is -0.493 e. The van der Waals surface area contributed by atoms with Crippen LogP contribution >= 0.6 is 24.2 Å². The summed E-state index contributed by atoms with van der Waals surface area (Å²) >= 11 is 10.7. The van der Waals surface area contributed by atoms with Gasteiger partial charge < -0.3 is 4.74 Å². The van der Waals surface area contributed by atoms with Crippen LogP contribution in [0.4, 0.5) is 0 Å². The molecular formula is C15H21ClOS. The summed E-state index contributed by atoms with van der Waals surface area (Å²) in [6, 6.07) is 4.05. The molecule has 0 N–H and O–H groups in total. The van der Waals surface area contributed by atoms with Crippen LogP contribution in [-0.2, 0) is 0 Å². The van der Waals surface area contributed by atoms with Gasteiger partial charge in [-0.1, -0.05) is 24.4 Å². The fourth-order valence-electron chi connectivity index (χ4n) is 2.70. The number of ether oxygens (including phenoxy) is 1. The Morgan fingerprint density at radius 2 is 1.78 bits per heavy atom. The molecule has 0 saturated heterocycles. The molecule has 0 unspecified atom stereocenters. The van der Waals surface area contributed by atoms with Gasteiger partial charge in [-0.3, -0.25) is 0 Å². The lowest BCUT2D eigenvalue weighted by Crippen LogP contribution is -2.27. The maximum atomic E-state index is 6.16. The Labute approximate surface area is 120 Å². The summed E-state index contributed by atoms with van der Waals surface area (Å²) in [5.41, 5.74) is 2.45. The molecule has 0 spiro atoms. The monoisotopic (exact) mass is 284 g/mol. The van der Waals surface area contributed by atoms with Gasteiger partial charge in [0, 0.05) is 10.4 Å². The lowest BCUT2D eigenvalue weighted by Gasteiger charge is -2.27. The van der Waals surface area contributed by atoms with Crippen LogP contribution in [0, 0.1) is 19.3 Å². The van der Waals surface area contributed by atoms with Gasteiger partial charge in [0.1, 0.15) is 5.75 Å². The third-order valence-corrected chi connectivity index (χ3v) is 5.22. The van der Waals surface area contributed by atoms with Gasteiger partial charge in [-0.2, -0.15) is 12.6 Å². The van der Waals surface area contributed by atoms with Crippen molar-refractivity contribution in [2.45, 2.75) is 39.5 Å². The molecule has 1 aliphatic rings. The van der Waals surface area contributed by atoms with Crippen molar-refractivity contribution in [1.29, 1.82) is 0 Å². The van der Waals surface area contributed by atoms with Gasteiger partial charge in [0.05, 0.1) is 6.61 Å². The fraction of sp³-hybridized carbons (Fsp3) is 0.600. The smallest absolute Gasteiger partial charge is 0.119 e. The predicted octanol–water partition coefficient (Wildman–Crippen LogP) is 4.83. The van der Waals surface area contributed by atoms with Crippen LogP contribution in [0.1, 0.15) is 36.8 Å². The van der Waals surface area contributed by atoms with E-state index in [2.05, 4.69) is 12.6 Å². The van der Waals surface area contributed by atoms with E-state index in [1.54, 1.807) is 0 Å². The van der Waals surface area contributed by atoms with Crippen molar-refractivity contribution in [2.24, 2.45) is 5.41 Å².